The lowest BCUT2D eigenvalue weighted by atomic mass is 10.4. The third-order valence-electron chi connectivity index (χ3n) is 0.926. The van der Waals surface area contributed by atoms with E-state index >= 15 is 0 Å². The van der Waals surface area contributed by atoms with Crippen molar-refractivity contribution in [3.63, 3.8) is 0 Å². The summed E-state index contributed by atoms with van der Waals surface area (Å²) in [5.74, 6) is -0.304. The van der Waals surface area contributed by atoms with Gasteiger partial charge in [-0.1, -0.05) is 5.16 Å². The van der Waals surface area contributed by atoms with Crippen molar-refractivity contribution < 1.29 is 14.1 Å². The number of nitrogens with zero attached hydrogens (tertiary/aromatic N) is 1. The summed E-state index contributed by atoms with van der Waals surface area (Å²) >= 11 is 0. The van der Waals surface area contributed by atoms with Gasteiger partial charge in [-0.2, -0.15) is 0 Å². The summed E-state index contributed by atoms with van der Waals surface area (Å²) in [6, 6.07) is 0. The van der Waals surface area contributed by atoms with Crippen LogP contribution in [-0.4, -0.2) is 11.1 Å². The van der Waals surface area contributed by atoms with Gasteiger partial charge in [0.1, 0.15) is 12.9 Å². The Kier molecular flexibility index (Phi) is 2.04. The van der Waals surface area contributed by atoms with Gasteiger partial charge in [0.2, 0.25) is 0 Å². The Hall–Kier alpha value is -1.32. The van der Waals surface area contributed by atoms with Gasteiger partial charge in [0.25, 0.3) is 0 Å². The minimum Gasteiger partial charge on any atom is -0.461 e. The van der Waals surface area contributed by atoms with E-state index in [9.17, 15) is 4.79 Å². The Morgan fingerprint density at radius 2 is 2.70 bits per heavy atom. The average Bonchev–Trinajstić information content (AvgIpc) is 2.34. The fourth-order valence-corrected chi connectivity index (χ4v) is 0.483. The summed E-state index contributed by atoms with van der Waals surface area (Å²) in [4.78, 5) is 10.3. The number of hydrogen-bond donors (Lipinski definition) is 0. The number of carbonyl (C=O) groups excluding carboxylic acids is 1. The number of carbonyl (C=O) groups is 1. The lowest BCUT2D eigenvalue weighted by Crippen LogP contribution is -1.97. The highest BCUT2D eigenvalue weighted by Gasteiger charge is 1.96. The normalized spacial score (nSPS) is 9.30. The molecule has 0 bridgehead atoms. The SMILES string of the molecule is CC(=O)OCc1cnoc1. The van der Waals surface area contributed by atoms with Crippen molar-refractivity contribution in [2.45, 2.75) is 13.5 Å². The molecule has 1 aromatic heterocycles. The maximum absolute atomic E-state index is 10.3. The van der Waals surface area contributed by atoms with Crippen molar-refractivity contribution in [2.24, 2.45) is 0 Å². The molecule has 1 aromatic rings. The van der Waals surface area contributed by atoms with Gasteiger partial charge in [-0.3, -0.25) is 4.79 Å². The topological polar surface area (TPSA) is 52.3 Å². The first-order chi connectivity index (χ1) is 4.79. The van der Waals surface area contributed by atoms with Crippen molar-refractivity contribution >= 4 is 5.97 Å². The molecule has 0 aliphatic rings. The predicted octanol–water partition coefficient (Wildman–Crippen LogP) is 0.738. The van der Waals surface area contributed by atoms with Crippen LogP contribution in [0, 0.1) is 0 Å². The number of ether oxygens (including phenoxy) is 1. The van der Waals surface area contributed by atoms with E-state index < -0.39 is 0 Å². The van der Waals surface area contributed by atoms with Crippen molar-refractivity contribution in [1.82, 2.24) is 5.16 Å². The maximum atomic E-state index is 10.3. The standard InChI is InChI=1S/C6H7NO3/c1-5(8)9-3-6-2-7-10-4-6/h2,4H,3H2,1H3. The minimum absolute atomic E-state index is 0.235. The monoisotopic (exact) mass is 141 g/mol. The molecule has 0 saturated carbocycles. The second-order valence-corrected chi connectivity index (χ2v) is 1.81. The largest absolute Gasteiger partial charge is 0.461 e. The molecule has 54 valence electrons. The maximum Gasteiger partial charge on any atom is 0.302 e. The highest BCUT2D eigenvalue weighted by atomic mass is 16.5. The number of rotatable bonds is 2. The number of hydrogen-bond acceptors (Lipinski definition) is 4. The summed E-state index contributed by atoms with van der Waals surface area (Å²) in [6.45, 7) is 1.59. The number of esters is 1. The molecule has 0 amide bonds. The lowest BCUT2D eigenvalue weighted by molar-refractivity contribution is -0.142. The molecule has 0 N–H and O–H groups in total. The molecule has 0 spiro atoms. The van der Waals surface area contributed by atoms with Crippen molar-refractivity contribution in [2.75, 3.05) is 0 Å². The zero-order valence-electron chi connectivity index (χ0n) is 5.53. The van der Waals surface area contributed by atoms with Gasteiger partial charge in [0.05, 0.1) is 6.20 Å². The van der Waals surface area contributed by atoms with Crippen LogP contribution in [-0.2, 0) is 16.1 Å². The van der Waals surface area contributed by atoms with Crippen LogP contribution >= 0.6 is 0 Å². The van der Waals surface area contributed by atoms with Gasteiger partial charge in [-0.25, -0.2) is 0 Å². The third kappa shape index (κ3) is 1.89. The van der Waals surface area contributed by atoms with Crippen LogP contribution in [0.25, 0.3) is 0 Å². The molecule has 0 fully saturated rings. The van der Waals surface area contributed by atoms with Gasteiger partial charge in [0, 0.05) is 12.5 Å². The van der Waals surface area contributed by atoms with Crippen LogP contribution in [0.1, 0.15) is 12.5 Å². The molecule has 0 radical (unpaired) electrons. The zero-order valence-corrected chi connectivity index (χ0v) is 5.53. The van der Waals surface area contributed by atoms with Gasteiger partial charge in [-0.15, -0.1) is 0 Å². The van der Waals surface area contributed by atoms with E-state index in [1.165, 1.54) is 19.4 Å². The molecule has 1 rings (SSSR count). The van der Waals surface area contributed by atoms with Crippen LogP contribution in [0.2, 0.25) is 0 Å². The van der Waals surface area contributed by atoms with Crippen molar-refractivity contribution in [3.05, 3.63) is 18.0 Å². The molecule has 4 heteroatoms. The third-order valence-corrected chi connectivity index (χ3v) is 0.926. The fraction of sp³-hybridized carbons (Fsp3) is 0.333. The second kappa shape index (κ2) is 3.00. The molecule has 0 aromatic carbocycles. The second-order valence-electron chi connectivity index (χ2n) is 1.81. The van der Waals surface area contributed by atoms with Crippen LogP contribution in [0.5, 0.6) is 0 Å². The quantitative estimate of drug-likeness (QED) is 0.570. The summed E-state index contributed by atoms with van der Waals surface area (Å²) in [5.41, 5.74) is 0.759. The predicted molar refractivity (Wildman–Crippen MR) is 32.0 cm³/mol. The van der Waals surface area contributed by atoms with Gasteiger partial charge < -0.3 is 9.26 Å². The zero-order chi connectivity index (χ0) is 7.40. The Balaban J connectivity index is 2.35. The molecule has 10 heavy (non-hydrogen) atoms. The smallest absolute Gasteiger partial charge is 0.302 e. The van der Waals surface area contributed by atoms with Gasteiger partial charge in [0.15, 0.2) is 0 Å². The lowest BCUT2D eigenvalue weighted by Gasteiger charge is -1.94. The van der Waals surface area contributed by atoms with E-state index in [-0.39, 0.29) is 12.6 Å². The number of aromatic nitrogens is 1. The highest BCUT2D eigenvalue weighted by Crippen LogP contribution is 1.98. The summed E-state index contributed by atoms with van der Waals surface area (Å²) in [6.07, 6.45) is 2.94. The molecule has 1 heterocycles. The van der Waals surface area contributed by atoms with Crippen LogP contribution in [0.4, 0.5) is 0 Å². The Labute approximate surface area is 57.8 Å². The highest BCUT2D eigenvalue weighted by molar-refractivity contribution is 5.65. The Morgan fingerprint density at radius 1 is 1.90 bits per heavy atom. The molecular weight excluding hydrogens is 134 g/mol. The average molecular weight is 141 g/mol. The van der Waals surface area contributed by atoms with Gasteiger partial charge >= 0.3 is 5.97 Å². The first-order valence-corrected chi connectivity index (χ1v) is 2.80. The van der Waals surface area contributed by atoms with E-state index in [1.54, 1.807) is 0 Å². The summed E-state index contributed by atoms with van der Waals surface area (Å²) in [7, 11) is 0. The molecule has 0 unspecified atom stereocenters. The summed E-state index contributed by atoms with van der Waals surface area (Å²) in [5, 5.41) is 3.43. The Morgan fingerprint density at radius 3 is 3.20 bits per heavy atom. The fourth-order valence-electron chi connectivity index (χ4n) is 0.483. The van der Waals surface area contributed by atoms with E-state index in [1.807, 2.05) is 0 Å². The molecule has 0 aliphatic carbocycles. The van der Waals surface area contributed by atoms with Crippen molar-refractivity contribution in [3.8, 4) is 0 Å². The summed E-state index contributed by atoms with van der Waals surface area (Å²) < 4.78 is 9.15. The molecular formula is C6H7NO3. The van der Waals surface area contributed by atoms with Crippen molar-refractivity contribution in [1.29, 1.82) is 0 Å². The Bertz CT molecular complexity index is 205. The molecule has 0 saturated heterocycles. The molecule has 4 nitrogen and oxygen atoms in total. The van der Waals surface area contributed by atoms with Crippen LogP contribution in [0.3, 0.4) is 0 Å². The van der Waals surface area contributed by atoms with Crippen LogP contribution in [0.15, 0.2) is 17.0 Å². The first kappa shape index (κ1) is 6.80. The van der Waals surface area contributed by atoms with Crippen LogP contribution < -0.4 is 0 Å². The minimum atomic E-state index is -0.304. The van der Waals surface area contributed by atoms with E-state index in [2.05, 4.69) is 14.4 Å². The van der Waals surface area contributed by atoms with E-state index in [0.29, 0.717) is 0 Å². The molecule has 0 aliphatic heterocycles. The van der Waals surface area contributed by atoms with E-state index in [4.69, 9.17) is 0 Å². The van der Waals surface area contributed by atoms with Gasteiger partial charge in [-0.05, 0) is 0 Å². The molecule has 0 atom stereocenters. The first-order valence-electron chi connectivity index (χ1n) is 2.80. The van der Waals surface area contributed by atoms with E-state index in [0.717, 1.165) is 5.56 Å².